The van der Waals surface area contributed by atoms with Crippen LogP contribution >= 0.6 is 0 Å². The highest BCUT2D eigenvalue weighted by atomic mass is 16.4. The number of piperazine rings is 1. The quantitative estimate of drug-likeness (QED) is 0.848. The lowest BCUT2D eigenvalue weighted by atomic mass is 10.3. The van der Waals surface area contributed by atoms with E-state index >= 15 is 0 Å². The van der Waals surface area contributed by atoms with Gasteiger partial charge >= 0.3 is 5.97 Å². The van der Waals surface area contributed by atoms with Gasteiger partial charge in [0, 0.05) is 45.0 Å². The summed E-state index contributed by atoms with van der Waals surface area (Å²) in [6.07, 6.45) is 2.01. The van der Waals surface area contributed by atoms with Gasteiger partial charge in [-0.3, -0.25) is 19.3 Å². The van der Waals surface area contributed by atoms with E-state index in [1.165, 1.54) is 0 Å². The van der Waals surface area contributed by atoms with Gasteiger partial charge in [0.25, 0.3) is 0 Å². The standard InChI is InChI=1S/C13H22N4O2/c1-11(2)17-4-3-12(14-17)9-15-5-7-16(8-6-15)10-13(18)19/h3-4,11H,5-10H2,1-2H3,(H,18,19). The smallest absolute Gasteiger partial charge is 0.317 e. The molecule has 1 aromatic heterocycles. The number of carbonyl (C=O) groups is 1. The fourth-order valence-corrected chi connectivity index (χ4v) is 2.28. The van der Waals surface area contributed by atoms with Crippen LogP contribution in [0.1, 0.15) is 25.6 Å². The SMILES string of the molecule is CC(C)n1ccc(CN2CCN(CC(=O)O)CC2)n1. The number of carboxylic acid groups (broad SMARTS) is 1. The number of hydrogen-bond acceptors (Lipinski definition) is 4. The molecule has 0 aliphatic carbocycles. The van der Waals surface area contributed by atoms with E-state index in [-0.39, 0.29) is 6.54 Å². The molecule has 0 unspecified atom stereocenters. The number of rotatable bonds is 5. The van der Waals surface area contributed by atoms with Crippen molar-refractivity contribution in [1.82, 2.24) is 19.6 Å². The molecule has 0 saturated carbocycles. The average Bonchev–Trinajstić information content (AvgIpc) is 2.80. The second-order valence-electron chi connectivity index (χ2n) is 5.33. The molecule has 0 bridgehead atoms. The Balaban J connectivity index is 1.80. The number of carboxylic acids is 1. The molecule has 2 rings (SSSR count). The summed E-state index contributed by atoms with van der Waals surface area (Å²) in [5, 5.41) is 13.3. The Bertz CT molecular complexity index is 422. The van der Waals surface area contributed by atoms with Crippen LogP contribution < -0.4 is 0 Å². The van der Waals surface area contributed by atoms with Crippen molar-refractivity contribution in [2.24, 2.45) is 0 Å². The summed E-state index contributed by atoms with van der Waals surface area (Å²) in [4.78, 5) is 14.9. The third kappa shape index (κ3) is 4.04. The predicted molar refractivity (Wildman–Crippen MR) is 72.0 cm³/mol. The summed E-state index contributed by atoms with van der Waals surface area (Å²) in [6.45, 7) is 8.66. The van der Waals surface area contributed by atoms with Crippen LogP contribution in [0.4, 0.5) is 0 Å². The second-order valence-corrected chi connectivity index (χ2v) is 5.33. The lowest BCUT2D eigenvalue weighted by molar-refractivity contribution is -0.138. The van der Waals surface area contributed by atoms with Crippen molar-refractivity contribution < 1.29 is 9.90 Å². The number of nitrogens with zero attached hydrogens (tertiary/aromatic N) is 4. The molecule has 1 fully saturated rings. The Morgan fingerprint density at radius 2 is 1.95 bits per heavy atom. The van der Waals surface area contributed by atoms with E-state index in [1.807, 2.05) is 15.8 Å². The Morgan fingerprint density at radius 3 is 2.47 bits per heavy atom. The maximum atomic E-state index is 10.6. The minimum absolute atomic E-state index is 0.149. The average molecular weight is 266 g/mol. The van der Waals surface area contributed by atoms with Gasteiger partial charge in [0.2, 0.25) is 0 Å². The maximum absolute atomic E-state index is 10.6. The Kier molecular flexibility index (Phi) is 4.55. The molecule has 0 atom stereocenters. The van der Waals surface area contributed by atoms with E-state index in [0.717, 1.165) is 38.4 Å². The van der Waals surface area contributed by atoms with Crippen LogP contribution in [0.3, 0.4) is 0 Å². The minimum Gasteiger partial charge on any atom is -0.480 e. The van der Waals surface area contributed by atoms with Crippen molar-refractivity contribution in [3.8, 4) is 0 Å². The molecule has 1 saturated heterocycles. The summed E-state index contributed by atoms with van der Waals surface area (Å²) >= 11 is 0. The summed E-state index contributed by atoms with van der Waals surface area (Å²) in [5.74, 6) is -0.746. The Labute approximate surface area is 113 Å². The van der Waals surface area contributed by atoms with Gasteiger partial charge in [-0.05, 0) is 19.9 Å². The summed E-state index contributed by atoms with van der Waals surface area (Å²) < 4.78 is 1.97. The minimum atomic E-state index is -0.746. The van der Waals surface area contributed by atoms with E-state index in [0.29, 0.717) is 6.04 Å². The first-order chi connectivity index (χ1) is 9.04. The zero-order chi connectivity index (χ0) is 13.8. The molecule has 1 N–H and O–H groups in total. The third-order valence-electron chi connectivity index (χ3n) is 3.40. The van der Waals surface area contributed by atoms with Crippen LogP contribution in [0.5, 0.6) is 0 Å². The third-order valence-corrected chi connectivity index (χ3v) is 3.40. The molecule has 0 amide bonds. The van der Waals surface area contributed by atoms with Gasteiger partial charge in [-0.2, -0.15) is 5.10 Å². The maximum Gasteiger partial charge on any atom is 0.317 e. The van der Waals surface area contributed by atoms with Crippen molar-refractivity contribution in [3.63, 3.8) is 0 Å². The zero-order valence-electron chi connectivity index (χ0n) is 11.6. The van der Waals surface area contributed by atoms with Gasteiger partial charge in [0.1, 0.15) is 0 Å². The van der Waals surface area contributed by atoms with Crippen LogP contribution in [0.15, 0.2) is 12.3 Å². The highest BCUT2D eigenvalue weighted by molar-refractivity contribution is 5.69. The first kappa shape index (κ1) is 14.0. The van der Waals surface area contributed by atoms with Crippen molar-refractivity contribution >= 4 is 5.97 Å². The lowest BCUT2D eigenvalue weighted by Gasteiger charge is -2.33. The molecular weight excluding hydrogens is 244 g/mol. The molecule has 0 spiro atoms. The molecule has 1 aliphatic heterocycles. The molecule has 1 aromatic rings. The van der Waals surface area contributed by atoms with Crippen molar-refractivity contribution in [2.75, 3.05) is 32.7 Å². The van der Waals surface area contributed by atoms with Crippen LogP contribution in [-0.4, -0.2) is 63.4 Å². The van der Waals surface area contributed by atoms with Crippen molar-refractivity contribution in [3.05, 3.63) is 18.0 Å². The zero-order valence-corrected chi connectivity index (χ0v) is 11.6. The number of aliphatic carboxylic acids is 1. The summed E-state index contributed by atoms with van der Waals surface area (Å²) in [7, 11) is 0. The molecular formula is C13H22N4O2. The van der Waals surface area contributed by atoms with E-state index in [1.54, 1.807) is 0 Å². The van der Waals surface area contributed by atoms with Crippen molar-refractivity contribution in [1.29, 1.82) is 0 Å². The van der Waals surface area contributed by atoms with Crippen LogP contribution in [0.2, 0.25) is 0 Å². The first-order valence-corrected chi connectivity index (χ1v) is 6.75. The summed E-state index contributed by atoms with van der Waals surface area (Å²) in [6, 6.07) is 2.45. The number of aromatic nitrogens is 2. The molecule has 19 heavy (non-hydrogen) atoms. The number of hydrogen-bond donors (Lipinski definition) is 1. The molecule has 106 valence electrons. The molecule has 0 aromatic carbocycles. The Hall–Kier alpha value is -1.40. The largest absolute Gasteiger partial charge is 0.480 e. The van der Waals surface area contributed by atoms with E-state index in [9.17, 15) is 4.79 Å². The van der Waals surface area contributed by atoms with E-state index in [2.05, 4.69) is 29.9 Å². The molecule has 1 aliphatic rings. The normalized spacial score (nSPS) is 18.1. The van der Waals surface area contributed by atoms with Gasteiger partial charge < -0.3 is 5.11 Å². The van der Waals surface area contributed by atoms with Gasteiger partial charge in [0.15, 0.2) is 0 Å². The molecule has 0 radical (unpaired) electrons. The second kappa shape index (κ2) is 6.16. The molecule has 6 nitrogen and oxygen atoms in total. The first-order valence-electron chi connectivity index (χ1n) is 6.75. The fourth-order valence-electron chi connectivity index (χ4n) is 2.28. The van der Waals surface area contributed by atoms with Crippen LogP contribution in [-0.2, 0) is 11.3 Å². The van der Waals surface area contributed by atoms with Crippen molar-refractivity contribution in [2.45, 2.75) is 26.4 Å². The van der Waals surface area contributed by atoms with Gasteiger partial charge in [-0.15, -0.1) is 0 Å². The fraction of sp³-hybridized carbons (Fsp3) is 0.692. The highest BCUT2D eigenvalue weighted by Gasteiger charge is 2.19. The topological polar surface area (TPSA) is 61.6 Å². The molecule has 6 heteroatoms. The van der Waals surface area contributed by atoms with Gasteiger partial charge in [-0.1, -0.05) is 0 Å². The summed E-state index contributed by atoms with van der Waals surface area (Å²) in [5.41, 5.74) is 1.08. The van der Waals surface area contributed by atoms with Crippen LogP contribution in [0.25, 0.3) is 0 Å². The molecule has 2 heterocycles. The Morgan fingerprint density at radius 1 is 1.32 bits per heavy atom. The monoisotopic (exact) mass is 266 g/mol. The predicted octanol–water partition coefficient (Wildman–Crippen LogP) is 0.666. The van der Waals surface area contributed by atoms with Gasteiger partial charge in [0.05, 0.1) is 12.2 Å². The van der Waals surface area contributed by atoms with Crippen LogP contribution in [0, 0.1) is 0 Å². The lowest BCUT2D eigenvalue weighted by Crippen LogP contribution is -2.47. The van der Waals surface area contributed by atoms with E-state index in [4.69, 9.17) is 5.11 Å². The van der Waals surface area contributed by atoms with Gasteiger partial charge in [-0.25, -0.2) is 0 Å². The van der Waals surface area contributed by atoms with E-state index < -0.39 is 5.97 Å². The highest BCUT2D eigenvalue weighted by Crippen LogP contribution is 2.09.